The van der Waals surface area contributed by atoms with Crippen molar-refractivity contribution in [3.63, 3.8) is 0 Å². The summed E-state index contributed by atoms with van der Waals surface area (Å²) in [6.45, 7) is -0.374. The Kier molecular flexibility index (Phi) is 7.31. The molecule has 0 saturated heterocycles. The topological polar surface area (TPSA) is 142 Å². The molecule has 1 aliphatic carbocycles. The molecule has 6 rings (SSSR count). The Balaban J connectivity index is 1.42. The van der Waals surface area contributed by atoms with Crippen molar-refractivity contribution in [3.8, 4) is 22.8 Å². The number of nitrogens with one attached hydrogen (secondary N) is 1. The van der Waals surface area contributed by atoms with Crippen LogP contribution in [-0.2, 0) is 15.8 Å². The van der Waals surface area contributed by atoms with E-state index in [4.69, 9.17) is 15.2 Å². The molecule has 4 N–H and O–H groups in total. The second-order valence-corrected chi connectivity index (χ2v) is 12.2. The molecule has 0 bridgehead atoms. The molecule has 0 radical (unpaired) electrons. The monoisotopic (exact) mass is 691 g/mol. The van der Waals surface area contributed by atoms with Crippen molar-refractivity contribution in [3.05, 3.63) is 69.7 Å². The Hall–Kier alpha value is -4.24. The summed E-state index contributed by atoms with van der Waals surface area (Å²) < 4.78 is 72.3. The number of amides is 2. The predicted octanol–water partition coefficient (Wildman–Crippen LogP) is 4.66. The smallest absolute Gasteiger partial charge is 0.424 e. The van der Waals surface area contributed by atoms with Gasteiger partial charge in [0.25, 0.3) is 5.91 Å². The van der Waals surface area contributed by atoms with Gasteiger partial charge in [0.1, 0.15) is 40.5 Å². The molecule has 2 atom stereocenters. The number of aromatic nitrogens is 3. The SMILES string of the molecule is COc1cc(C(=O)NC[C@](O)(c2cc3c(c(-c4cccc(Br)c4F)n2)OC[C@]3(C)C(N)=O)C(F)(F)F)cc2cn(C3CC3)nc12. The van der Waals surface area contributed by atoms with Gasteiger partial charge in [-0.3, -0.25) is 14.3 Å². The fraction of sp³-hybridized carbons (Fsp3) is 0.333. The van der Waals surface area contributed by atoms with E-state index in [1.165, 1.54) is 44.4 Å². The number of aliphatic hydroxyl groups is 1. The Morgan fingerprint density at radius 1 is 1.27 bits per heavy atom. The first-order valence-corrected chi connectivity index (χ1v) is 14.5. The van der Waals surface area contributed by atoms with Crippen LogP contribution in [0.4, 0.5) is 17.6 Å². The minimum atomic E-state index is -5.40. The van der Waals surface area contributed by atoms with Gasteiger partial charge in [-0.2, -0.15) is 18.3 Å². The van der Waals surface area contributed by atoms with Gasteiger partial charge in [-0.25, -0.2) is 9.37 Å². The number of rotatable bonds is 8. The first kappa shape index (κ1) is 30.8. The summed E-state index contributed by atoms with van der Waals surface area (Å²) in [4.78, 5) is 29.7. The number of carbonyl (C=O) groups is 2. The van der Waals surface area contributed by atoms with Crippen LogP contribution < -0.4 is 20.5 Å². The van der Waals surface area contributed by atoms with Crippen molar-refractivity contribution in [2.45, 2.75) is 43.0 Å². The maximum absolute atomic E-state index is 15.2. The number of ether oxygens (including phenoxy) is 2. The summed E-state index contributed by atoms with van der Waals surface area (Å²) in [5.41, 5.74) is -1.12. The van der Waals surface area contributed by atoms with Crippen molar-refractivity contribution in [2.24, 2.45) is 5.73 Å². The number of hydrogen-bond donors (Lipinski definition) is 3. The highest BCUT2D eigenvalue weighted by molar-refractivity contribution is 9.10. The number of fused-ring (bicyclic) bond motifs is 2. The Labute approximate surface area is 261 Å². The zero-order valence-corrected chi connectivity index (χ0v) is 25.4. The second kappa shape index (κ2) is 10.7. The van der Waals surface area contributed by atoms with Crippen LogP contribution in [0.5, 0.6) is 11.5 Å². The maximum atomic E-state index is 15.2. The fourth-order valence-electron chi connectivity index (χ4n) is 5.25. The minimum Gasteiger partial charge on any atom is -0.494 e. The highest BCUT2D eigenvalue weighted by Gasteiger charge is 2.58. The van der Waals surface area contributed by atoms with E-state index in [2.05, 4.69) is 31.3 Å². The maximum Gasteiger partial charge on any atom is 0.424 e. The minimum absolute atomic E-state index is 0.00923. The van der Waals surface area contributed by atoms with E-state index in [1.807, 2.05) is 0 Å². The third-order valence-corrected chi connectivity index (χ3v) is 8.83. The number of benzene rings is 2. The van der Waals surface area contributed by atoms with Crippen LogP contribution in [0.25, 0.3) is 22.2 Å². The zero-order valence-electron chi connectivity index (χ0n) is 23.8. The lowest BCUT2D eigenvalue weighted by Crippen LogP contribution is -2.51. The number of carbonyl (C=O) groups excluding carboxylic acids is 2. The van der Waals surface area contributed by atoms with E-state index in [9.17, 15) is 27.9 Å². The largest absolute Gasteiger partial charge is 0.494 e. The summed E-state index contributed by atoms with van der Waals surface area (Å²) in [6.07, 6.45) is -1.76. The number of nitrogens with two attached hydrogens (primary N) is 1. The molecule has 1 aliphatic heterocycles. The summed E-state index contributed by atoms with van der Waals surface area (Å²) in [5, 5.41) is 18.5. The van der Waals surface area contributed by atoms with Crippen molar-refractivity contribution >= 4 is 38.6 Å². The third-order valence-electron chi connectivity index (χ3n) is 8.22. The first-order valence-electron chi connectivity index (χ1n) is 13.7. The Morgan fingerprint density at radius 3 is 2.64 bits per heavy atom. The molecule has 2 aromatic carbocycles. The van der Waals surface area contributed by atoms with Crippen molar-refractivity contribution in [1.82, 2.24) is 20.1 Å². The lowest BCUT2D eigenvalue weighted by atomic mass is 9.81. The van der Waals surface area contributed by atoms with Crippen molar-refractivity contribution in [2.75, 3.05) is 20.3 Å². The van der Waals surface area contributed by atoms with Gasteiger partial charge in [-0.05, 0) is 66.0 Å². The molecular formula is C30H26BrF4N5O5. The van der Waals surface area contributed by atoms with E-state index in [0.29, 0.717) is 10.9 Å². The highest BCUT2D eigenvalue weighted by atomic mass is 79.9. The fourth-order valence-corrected chi connectivity index (χ4v) is 5.62. The summed E-state index contributed by atoms with van der Waals surface area (Å²) >= 11 is 3.05. The second-order valence-electron chi connectivity index (χ2n) is 11.3. The summed E-state index contributed by atoms with van der Waals surface area (Å²) in [7, 11) is 1.38. The molecule has 15 heteroatoms. The van der Waals surface area contributed by atoms with Gasteiger partial charge < -0.3 is 25.6 Å². The molecule has 0 spiro atoms. The van der Waals surface area contributed by atoms with E-state index in [-0.39, 0.29) is 51.0 Å². The zero-order chi connectivity index (χ0) is 32.5. The van der Waals surface area contributed by atoms with Crippen molar-refractivity contribution in [1.29, 1.82) is 0 Å². The van der Waals surface area contributed by atoms with Gasteiger partial charge in [0.2, 0.25) is 11.5 Å². The average Bonchev–Trinajstić information content (AvgIpc) is 3.66. The van der Waals surface area contributed by atoms with E-state index < -0.39 is 47.1 Å². The third kappa shape index (κ3) is 5.07. The molecule has 45 heavy (non-hydrogen) atoms. The van der Waals surface area contributed by atoms with E-state index in [1.54, 1.807) is 10.9 Å². The van der Waals surface area contributed by atoms with Gasteiger partial charge in [0, 0.05) is 28.3 Å². The summed E-state index contributed by atoms with van der Waals surface area (Å²) in [5.74, 6) is -2.63. The molecule has 2 aliphatic rings. The number of pyridine rings is 1. The lowest BCUT2D eigenvalue weighted by molar-refractivity contribution is -0.265. The number of alkyl halides is 3. The highest BCUT2D eigenvalue weighted by Crippen LogP contribution is 2.48. The van der Waals surface area contributed by atoms with Crippen molar-refractivity contribution < 1.29 is 41.7 Å². The lowest BCUT2D eigenvalue weighted by Gasteiger charge is -2.31. The van der Waals surface area contributed by atoms with Crippen LogP contribution in [0, 0.1) is 5.82 Å². The van der Waals surface area contributed by atoms with Crippen LogP contribution in [-0.4, -0.2) is 58.1 Å². The number of hydrogen-bond acceptors (Lipinski definition) is 7. The number of primary amides is 1. The quantitative estimate of drug-likeness (QED) is 0.228. The number of methoxy groups -OCH3 is 1. The van der Waals surface area contributed by atoms with Gasteiger partial charge in [-0.15, -0.1) is 0 Å². The van der Waals surface area contributed by atoms with Crippen LogP contribution >= 0.6 is 15.9 Å². The number of halogens is 5. The normalized spacial score (nSPS) is 19.1. The van der Waals surface area contributed by atoms with E-state index in [0.717, 1.165) is 18.9 Å². The van der Waals surface area contributed by atoms with Gasteiger partial charge in [0.05, 0.1) is 29.9 Å². The Morgan fingerprint density at radius 2 is 2.00 bits per heavy atom. The molecule has 1 saturated carbocycles. The molecule has 1 fully saturated rings. The molecule has 10 nitrogen and oxygen atoms in total. The van der Waals surface area contributed by atoms with Crippen LogP contribution in [0.1, 0.15) is 47.4 Å². The van der Waals surface area contributed by atoms with Gasteiger partial charge in [0.15, 0.2) is 0 Å². The van der Waals surface area contributed by atoms with Gasteiger partial charge >= 0.3 is 6.18 Å². The molecule has 0 unspecified atom stereocenters. The van der Waals surface area contributed by atoms with Crippen LogP contribution in [0.2, 0.25) is 0 Å². The Bertz CT molecular complexity index is 1880. The molecule has 236 valence electrons. The molecular weight excluding hydrogens is 666 g/mol. The molecule has 3 heterocycles. The van der Waals surface area contributed by atoms with Crippen LogP contribution in [0.15, 0.2) is 47.1 Å². The average molecular weight is 692 g/mol. The molecule has 2 aromatic heterocycles. The number of nitrogens with zero attached hydrogens (tertiary/aromatic N) is 3. The summed E-state index contributed by atoms with van der Waals surface area (Å²) in [6, 6.07) is 7.96. The molecule has 4 aromatic rings. The van der Waals surface area contributed by atoms with E-state index >= 15 is 4.39 Å². The standard InChI is InChI=1S/C30H26BrF4N5O5/c1-28(27(36)42)13-45-25-18(28)10-21(38-24(25)17-4-3-5-19(31)22(17)32)29(43,30(33,34)35)12-37-26(41)14-8-15-11-40(16-6-7-16)39-23(15)20(9-14)44-2/h3-5,8-11,16,43H,6-7,12-13H2,1-2H3,(H2,36,42)(H,37,41)/t28-,29-/m0/s1. The first-order chi connectivity index (χ1) is 21.2. The van der Waals surface area contributed by atoms with Gasteiger partial charge in [-0.1, -0.05) is 6.07 Å². The molecule has 2 amide bonds. The van der Waals surface area contributed by atoms with Crippen LogP contribution in [0.3, 0.4) is 0 Å². The predicted molar refractivity (Wildman–Crippen MR) is 156 cm³/mol.